The van der Waals surface area contributed by atoms with Crippen molar-refractivity contribution in [3.8, 4) is 0 Å². The largest absolute Gasteiger partial charge is 0.378 e. The predicted octanol–water partition coefficient (Wildman–Crippen LogP) is 2.33. The van der Waals surface area contributed by atoms with Gasteiger partial charge in [0, 0.05) is 17.6 Å². The second kappa shape index (κ2) is 6.16. The van der Waals surface area contributed by atoms with Gasteiger partial charge in [-0.15, -0.1) is 12.4 Å². The number of nitrogens with zero attached hydrogens (tertiary/aromatic N) is 1. The number of nitrogens with one attached hydrogen (secondary N) is 1. The van der Waals surface area contributed by atoms with Crippen LogP contribution >= 0.6 is 24.0 Å². The summed E-state index contributed by atoms with van der Waals surface area (Å²) in [6.07, 6.45) is 0. The summed E-state index contributed by atoms with van der Waals surface area (Å²) >= 11 is 5.85. The lowest BCUT2D eigenvalue weighted by Gasteiger charge is -2.23. The van der Waals surface area contributed by atoms with Crippen LogP contribution in [0.15, 0.2) is 18.2 Å². The maximum absolute atomic E-state index is 10.9. The minimum Gasteiger partial charge on any atom is -0.378 e. The van der Waals surface area contributed by atoms with Gasteiger partial charge in [0.1, 0.15) is 0 Å². The second-order valence-corrected chi connectivity index (χ2v) is 3.98. The smallest absolute Gasteiger partial charge is 0.274 e. The highest BCUT2D eigenvalue weighted by molar-refractivity contribution is 6.30. The van der Waals surface area contributed by atoms with E-state index >= 15 is 0 Å². The van der Waals surface area contributed by atoms with E-state index in [1.165, 1.54) is 12.1 Å². The lowest BCUT2D eigenvalue weighted by Crippen LogP contribution is -2.34. The van der Waals surface area contributed by atoms with Crippen LogP contribution in [0.3, 0.4) is 0 Å². The van der Waals surface area contributed by atoms with Crippen LogP contribution in [-0.4, -0.2) is 24.7 Å². The van der Waals surface area contributed by atoms with Crippen LogP contribution in [0, 0.1) is 10.1 Å². The number of benzene rings is 1. The second-order valence-electron chi connectivity index (χ2n) is 3.54. The Bertz CT molecular complexity index is 409. The number of nitro benzene ring substituents is 1. The standard InChI is InChI=1S/C10H11ClN2O3.ClH/c11-7-1-2-10(13(14)15)8(5-7)9-6-16-4-3-12-9;/h1-2,5,9,12H,3-4,6H2;1H/t9-;/m0./s1. The summed E-state index contributed by atoms with van der Waals surface area (Å²) in [6.45, 7) is 1.75. The van der Waals surface area contributed by atoms with E-state index in [9.17, 15) is 10.1 Å². The summed E-state index contributed by atoms with van der Waals surface area (Å²) in [6, 6.07) is 4.40. The van der Waals surface area contributed by atoms with E-state index < -0.39 is 4.92 Å². The highest BCUT2D eigenvalue weighted by Crippen LogP contribution is 2.29. The molecule has 1 aliphatic heterocycles. The van der Waals surface area contributed by atoms with E-state index in [1.807, 2.05) is 0 Å². The molecule has 0 aliphatic carbocycles. The molecule has 2 rings (SSSR count). The van der Waals surface area contributed by atoms with Crippen molar-refractivity contribution in [2.75, 3.05) is 19.8 Å². The van der Waals surface area contributed by atoms with Gasteiger partial charge in [-0.2, -0.15) is 0 Å². The third-order valence-corrected chi connectivity index (χ3v) is 2.72. The van der Waals surface area contributed by atoms with Gasteiger partial charge < -0.3 is 10.1 Å². The maximum atomic E-state index is 10.9. The molecule has 0 aromatic heterocycles. The average Bonchev–Trinajstić information content (AvgIpc) is 2.29. The van der Waals surface area contributed by atoms with Gasteiger partial charge in [0.05, 0.1) is 29.7 Å². The zero-order chi connectivity index (χ0) is 11.5. The van der Waals surface area contributed by atoms with Gasteiger partial charge in [-0.3, -0.25) is 10.1 Å². The summed E-state index contributed by atoms with van der Waals surface area (Å²) in [7, 11) is 0. The Morgan fingerprint density at radius 2 is 2.29 bits per heavy atom. The summed E-state index contributed by atoms with van der Waals surface area (Å²) in [5.74, 6) is 0. The van der Waals surface area contributed by atoms with Gasteiger partial charge in [0.15, 0.2) is 0 Å². The van der Waals surface area contributed by atoms with Crippen LogP contribution in [0.5, 0.6) is 0 Å². The zero-order valence-electron chi connectivity index (χ0n) is 8.89. The molecule has 5 nitrogen and oxygen atoms in total. The molecule has 1 atom stereocenters. The quantitative estimate of drug-likeness (QED) is 0.666. The van der Waals surface area contributed by atoms with Crippen LogP contribution in [0.25, 0.3) is 0 Å². The van der Waals surface area contributed by atoms with Crippen molar-refractivity contribution in [1.29, 1.82) is 0 Å². The van der Waals surface area contributed by atoms with E-state index in [1.54, 1.807) is 6.07 Å². The van der Waals surface area contributed by atoms with E-state index in [2.05, 4.69) is 5.32 Å². The van der Waals surface area contributed by atoms with Crippen molar-refractivity contribution in [1.82, 2.24) is 5.32 Å². The fraction of sp³-hybridized carbons (Fsp3) is 0.400. The molecule has 0 radical (unpaired) electrons. The van der Waals surface area contributed by atoms with Crippen LogP contribution in [-0.2, 0) is 4.74 Å². The first-order valence-electron chi connectivity index (χ1n) is 4.93. The zero-order valence-corrected chi connectivity index (χ0v) is 10.5. The molecular formula is C10H12Cl2N2O3. The van der Waals surface area contributed by atoms with Crippen LogP contribution in [0.4, 0.5) is 5.69 Å². The van der Waals surface area contributed by atoms with E-state index in [0.29, 0.717) is 30.3 Å². The summed E-state index contributed by atoms with van der Waals surface area (Å²) in [5, 5.41) is 14.5. The molecule has 17 heavy (non-hydrogen) atoms. The Balaban J connectivity index is 0.00000144. The average molecular weight is 279 g/mol. The predicted molar refractivity (Wildman–Crippen MR) is 66.9 cm³/mol. The molecule has 0 unspecified atom stereocenters. The molecule has 1 aliphatic rings. The van der Waals surface area contributed by atoms with Gasteiger partial charge in [-0.05, 0) is 12.1 Å². The number of morpholine rings is 1. The van der Waals surface area contributed by atoms with Gasteiger partial charge in [0.2, 0.25) is 0 Å². The minimum atomic E-state index is -0.401. The van der Waals surface area contributed by atoms with Gasteiger partial charge in [-0.25, -0.2) is 0 Å². The fourth-order valence-electron chi connectivity index (χ4n) is 1.74. The Hall–Kier alpha value is -0.880. The van der Waals surface area contributed by atoms with E-state index in [0.717, 1.165) is 0 Å². The number of ether oxygens (including phenoxy) is 1. The van der Waals surface area contributed by atoms with Crippen molar-refractivity contribution in [3.63, 3.8) is 0 Å². The Labute approximate surface area is 110 Å². The third-order valence-electron chi connectivity index (χ3n) is 2.48. The van der Waals surface area contributed by atoms with Crippen LogP contribution < -0.4 is 5.32 Å². The molecule has 94 valence electrons. The highest BCUT2D eigenvalue weighted by Gasteiger charge is 2.24. The highest BCUT2D eigenvalue weighted by atomic mass is 35.5. The van der Waals surface area contributed by atoms with E-state index in [4.69, 9.17) is 16.3 Å². The molecule has 1 heterocycles. The molecule has 7 heteroatoms. The maximum Gasteiger partial charge on any atom is 0.274 e. The molecule has 0 saturated carbocycles. The number of halogens is 2. The molecule has 0 spiro atoms. The van der Waals surface area contributed by atoms with Crippen LogP contribution in [0.2, 0.25) is 5.02 Å². The normalized spacial score (nSPS) is 19.5. The van der Waals surface area contributed by atoms with Crippen molar-refractivity contribution >= 4 is 29.7 Å². The van der Waals surface area contributed by atoms with Gasteiger partial charge >= 0.3 is 0 Å². The first-order chi connectivity index (χ1) is 7.68. The molecule has 1 fully saturated rings. The number of hydrogen-bond donors (Lipinski definition) is 1. The van der Waals surface area contributed by atoms with Gasteiger partial charge in [0.25, 0.3) is 5.69 Å². The Kier molecular flexibility index (Phi) is 5.14. The fourth-order valence-corrected chi connectivity index (χ4v) is 1.92. The first-order valence-corrected chi connectivity index (χ1v) is 5.31. The minimum absolute atomic E-state index is 0. The Morgan fingerprint density at radius 1 is 1.53 bits per heavy atom. The summed E-state index contributed by atoms with van der Waals surface area (Å²) in [4.78, 5) is 10.5. The molecule has 1 aromatic carbocycles. The molecule has 1 aromatic rings. The monoisotopic (exact) mass is 278 g/mol. The Morgan fingerprint density at radius 3 is 2.88 bits per heavy atom. The SMILES string of the molecule is Cl.O=[N+]([O-])c1ccc(Cl)cc1[C@@H]1COCCN1. The molecule has 0 amide bonds. The van der Waals surface area contributed by atoms with Crippen molar-refractivity contribution < 1.29 is 9.66 Å². The van der Waals surface area contributed by atoms with Crippen molar-refractivity contribution in [3.05, 3.63) is 38.9 Å². The van der Waals surface area contributed by atoms with Gasteiger partial charge in [-0.1, -0.05) is 11.6 Å². The summed E-state index contributed by atoms with van der Waals surface area (Å²) < 4.78 is 5.28. The third kappa shape index (κ3) is 3.29. The molecule has 1 N–H and O–H groups in total. The van der Waals surface area contributed by atoms with Crippen molar-refractivity contribution in [2.24, 2.45) is 0 Å². The first kappa shape index (κ1) is 14.2. The topological polar surface area (TPSA) is 64.4 Å². The number of nitro groups is 1. The van der Waals surface area contributed by atoms with Crippen molar-refractivity contribution in [2.45, 2.75) is 6.04 Å². The summed E-state index contributed by atoms with van der Waals surface area (Å²) in [5.41, 5.74) is 0.657. The number of rotatable bonds is 2. The molecular weight excluding hydrogens is 267 g/mol. The lowest BCUT2D eigenvalue weighted by atomic mass is 10.0. The van der Waals surface area contributed by atoms with Crippen LogP contribution in [0.1, 0.15) is 11.6 Å². The molecule has 0 bridgehead atoms. The lowest BCUT2D eigenvalue weighted by molar-refractivity contribution is -0.385. The number of hydrogen-bond acceptors (Lipinski definition) is 4. The molecule has 1 saturated heterocycles. The van der Waals surface area contributed by atoms with E-state index in [-0.39, 0.29) is 24.1 Å².